The van der Waals surface area contributed by atoms with Gasteiger partial charge in [-0.2, -0.15) is 5.10 Å². The molecule has 9 nitrogen and oxygen atoms in total. The van der Waals surface area contributed by atoms with E-state index >= 15 is 0 Å². The predicted molar refractivity (Wildman–Crippen MR) is 120 cm³/mol. The first-order valence-corrected chi connectivity index (χ1v) is 9.90. The summed E-state index contributed by atoms with van der Waals surface area (Å²) < 4.78 is 11.0. The summed E-state index contributed by atoms with van der Waals surface area (Å²) in [6.45, 7) is 0. The largest absolute Gasteiger partial charge is 0.497 e. The lowest BCUT2D eigenvalue weighted by molar-refractivity contribution is -0.385. The molecule has 0 heterocycles. The van der Waals surface area contributed by atoms with Gasteiger partial charge in [0, 0.05) is 21.7 Å². The molecule has 1 N–H and O–H groups in total. The third kappa shape index (κ3) is 5.76. The van der Waals surface area contributed by atoms with Crippen molar-refractivity contribution in [2.45, 2.75) is 0 Å². The maximum absolute atomic E-state index is 12.3. The Balaban J connectivity index is 1.72. The van der Waals surface area contributed by atoms with Crippen LogP contribution < -0.4 is 14.9 Å². The van der Waals surface area contributed by atoms with E-state index in [1.807, 2.05) is 0 Å². The van der Waals surface area contributed by atoms with Crippen molar-refractivity contribution in [3.63, 3.8) is 0 Å². The van der Waals surface area contributed by atoms with E-state index in [0.29, 0.717) is 16.9 Å². The first-order chi connectivity index (χ1) is 15.4. The van der Waals surface area contributed by atoms with Crippen LogP contribution in [0.15, 0.2) is 76.3 Å². The zero-order chi connectivity index (χ0) is 23.1. The lowest BCUT2D eigenvalue weighted by atomic mass is 10.2. The van der Waals surface area contributed by atoms with Gasteiger partial charge in [0.15, 0.2) is 0 Å². The summed E-state index contributed by atoms with van der Waals surface area (Å²) in [7, 11) is 1.49. The highest BCUT2D eigenvalue weighted by atomic mass is 79.9. The Labute approximate surface area is 190 Å². The lowest BCUT2D eigenvalue weighted by Gasteiger charge is -2.06. The first kappa shape index (κ1) is 22.6. The molecular weight excluding hydrogens is 482 g/mol. The van der Waals surface area contributed by atoms with Gasteiger partial charge < -0.3 is 9.47 Å². The number of methoxy groups -OCH3 is 1. The van der Waals surface area contributed by atoms with E-state index in [1.54, 1.807) is 36.4 Å². The second-order valence-corrected chi connectivity index (χ2v) is 7.23. The van der Waals surface area contributed by atoms with Gasteiger partial charge in [-0.15, -0.1) is 0 Å². The second-order valence-electron chi connectivity index (χ2n) is 6.31. The minimum Gasteiger partial charge on any atom is -0.497 e. The Morgan fingerprint density at radius 2 is 1.81 bits per heavy atom. The average molecular weight is 498 g/mol. The molecule has 162 valence electrons. The molecule has 0 spiro atoms. The number of nitro groups is 1. The number of hydrazone groups is 1. The third-order valence-corrected chi connectivity index (χ3v) is 4.67. The van der Waals surface area contributed by atoms with E-state index in [9.17, 15) is 19.7 Å². The fourth-order valence-corrected chi connectivity index (χ4v) is 2.99. The highest BCUT2D eigenvalue weighted by Gasteiger charge is 2.19. The van der Waals surface area contributed by atoms with Crippen LogP contribution in [0.1, 0.15) is 26.3 Å². The van der Waals surface area contributed by atoms with Crippen molar-refractivity contribution in [2.75, 3.05) is 7.11 Å². The van der Waals surface area contributed by atoms with Gasteiger partial charge in [0.1, 0.15) is 5.75 Å². The Bertz CT molecular complexity index is 1190. The van der Waals surface area contributed by atoms with E-state index in [4.69, 9.17) is 9.47 Å². The number of nitrogens with one attached hydrogen (secondary N) is 1. The van der Waals surface area contributed by atoms with Crippen molar-refractivity contribution in [1.82, 2.24) is 5.43 Å². The van der Waals surface area contributed by atoms with E-state index in [2.05, 4.69) is 26.5 Å². The molecule has 10 heteroatoms. The molecule has 0 aliphatic rings. The van der Waals surface area contributed by atoms with Crippen LogP contribution in [0, 0.1) is 10.1 Å². The van der Waals surface area contributed by atoms with Gasteiger partial charge in [-0.25, -0.2) is 10.2 Å². The fraction of sp³-hybridized carbons (Fsp3) is 0.0455. The predicted octanol–water partition coefficient (Wildman–Crippen LogP) is 4.35. The molecule has 1 amide bonds. The monoisotopic (exact) mass is 497 g/mol. The van der Waals surface area contributed by atoms with E-state index in [-0.39, 0.29) is 11.3 Å². The Morgan fingerprint density at radius 3 is 2.47 bits per heavy atom. The molecule has 0 aliphatic carbocycles. The molecule has 0 atom stereocenters. The fourth-order valence-electron chi connectivity index (χ4n) is 2.59. The number of ether oxygens (including phenoxy) is 2. The topological polar surface area (TPSA) is 120 Å². The van der Waals surface area contributed by atoms with Gasteiger partial charge in [-0.3, -0.25) is 14.9 Å². The van der Waals surface area contributed by atoms with Gasteiger partial charge in [0.05, 0.1) is 23.8 Å². The summed E-state index contributed by atoms with van der Waals surface area (Å²) in [5.41, 5.74) is 2.85. The molecule has 3 aromatic carbocycles. The number of benzene rings is 3. The van der Waals surface area contributed by atoms with Crippen LogP contribution in [0.5, 0.6) is 11.5 Å². The number of hydrogen-bond acceptors (Lipinski definition) is 7. The number of nitro benzene ring substituents is 1. The lowest BCUT2D eigenvalue weighted by Crippen LogP contribution is -2.17. The van der Waals surface area contributed by atoms with E-state index in [1.165, 1.54) is 43.7 Å². The zero-order valence-electron chi connectivity index (χ0n) is 16.7. The summed E-state index contributed by atoms with van der Waals surface area (Å²) in [6.07, 6.45) is 1.25. The molecule has 3 rings (SSSR count). The minimum atomic E-state index is -0.751. The van der Waals surface area contributed by atoms with Crippen LogP contribution in [0.4, 0.5) is 5.69 Å². The molecule has 0 saturated heterocycles. The van der Waals surface area contributed by atoms with Gasteiger partial charge in [-0.1, -0.05) is 22.0 Å². The number of carbonyl (C=O) groups is 2. The number of amides is 1. The molecule has 0 aliphatic heterocycles. The molecule has 0 radical (unpaired) electrons. The first-order valence-electron chi connectivity index (χ1n) is 9.11. The van der Waals surface area contributed by atoms with Gasteiger partial charge in [0.25, 0.3) is 5.91 Å². The highest BCUT2D eigenvalue weighted by molar-refractivity contribution is 9.10. The zero-order valence-corrected chi connectivity index (χ0v) is 18.2. The van der Waals surface area contributed by atoms with Crippen molar-refractivity contribution in [2.24, 2.45) is 5.10 Å². The molecular formula is C22H16BrN3O6. The average Bonchev–Trinajstić information content (AvgIpc) is 2.79. The number of carbonyl (C=O) groups excluding carboxylic acids is 2. The number of esters is 1. The Kier molecular flexibility index (Phi) is 7.29. The van der Waals surface area contributed by atoms with E-state index in [0.717, 1.165) is 4.47 Å². The molecule has 0 fully saturated rings. The summed E-state index contributed by atoms with van der Waals surface area (Å²) in [5, 5.41) is 15.3. The number of rotatable bonds is 7. The number of halogens is 1. The molecule has 3 aromatic rings. The SMILES string of the molecule is COc1ccc(C(=O)Oc2ccc(/C=N\NC(=O)c3cccc(Br)c3)cc2[N+](=O)[O-])cc1. The highest BCUT2D eigenvalue weighted by Crippen LogP contribution is 2.28. The molecule has 0 bridgehead atoms. The van der Waals surface area contributed by atoms with E-state index < -0.39 is 22.5 Å². The smallest absolute Gasteiger partial charge is 0.343 e. The van der Waals surface area contributed by atoms with Crippen LogP contribution >= 0.6 is 15.9 Å². The van der Waals surface area contributed by atoms with Crippen LogP contribution in [0.2, 0.25) is 0 Å². The molecule has 0 unspecified atom stereocenters. The molecule has 0 saturated carbocycles. The third-order valence-electron chi connectivity index (χ3n) is 4.17. The minimum absolute atomic E-state index is 0.209. The van der Waals surface area contributed by atoms with Crippen molar-refractivity contribution in [3.8, 4) is 11.5 Å². The quantitative estimate of drug-likeness (QED) is 0.170. The Hall–Kier alpha value is -4.05. The van der Waals surface area contributed by atoms with Crippen LogP contribution in [0.3, 0.4) is 0 Å². The van der Waals surface area contributed by atoms with Gasteiger partial charge in [0.2, 0.25) is 5.75 Å². The number of hydrogen-bond donors (Lipinski definition) is 1. The summed E-state index contributed by atoms with van der Waals surface area (Å²) in [5.74, 6) is -0.852. The van der Waals surface area contributed by atoms with Crippen molar-refractivity contribution in [3.05, 3.63) is 98.0 Å². The van der Waals surface area contributed by atoms with Gasteiger partial charge in [-0.05, 0) is 54.6 Å². The molecule has 32 heavy (non-hydrogen) atoms. The summed E-state index contributed by atoms with van der Waals surface area (Å²) >= 11 is 3.28. The maximum Gasteiger partial charge on any atom is 0.343 e. The van der Waals surface area contributed by atoms with Crippen molar-refractivity contribution in [1.29, 1.82) is 0 Å². The van der Waals surface area contributed by atoms with Crippen LogP contribution in [-0.2, 0) is 0 Å². The van der Waals surface area contributed by atoms with Crippen LogP contribution in [0.25, 0.3) is 0 Å². The standard InChI is InChI=1S/C22H16BrN3O6/c1-31-18-8-6-15(7-9-18)22(28)32-20-10-5-14(11-19(20)26(29)30)13-24-25-21(27)16-3-2-4-17(23)12-16/h2-13H,1H3,(H,25,27)/b24-13-. The van der Waals surface area contributed by atoms with Gasteiger partial charge >= 0.3 is 11.7 Å². The van der Waals surface area contributed by atoms with Crippen LogP contribution in [-0.4, -0.2) is 30.1 Å². The Morgan fingerprint density at radius 1 is 1.06 bits per heavy atom. The number of nitrogens with zero attached hydrogens (tertiary/aromatic N) is 2. The maximum atomic E-state index is 12.3. The van der Waals surface area contributed by atoms with Crippen molar-refractivity contribution >= 4 is 39.7 Å². The summed E-state index contributed by atoms with van der Waals surface area (Å²) in [6, 6.07) is 16.8. The van der Waals surface area contributed by atoms with Crippen molar-refractivity contribution < 1.29 is 24.0 Å². The second kappa shape index (κ2) is 10.3. The summed E-state index contributed by atoms with van der Waals surface area (Å²) in [4.78, 5) is 35.2. The molecule has 0 aromatic heterocycles. The normalized spacial score (nSPS) is 10.6.